The summed E-state index contributed by atoms with van der Waals surface area (Å²) in [4.78, 5) is 5.76. The smallest absolute Gasteiger partial charge is 0.140 e. The summed E-state index contributed by atoms with van der Waals surface area (Å²) >= 11 is 1.65. The van der Waals surface area contributed by atoms with E-state index in [0.29, 0.717) is 13.2 Å². The van der Waals surface area contributed by atoms with Gasteiger partial charge in [0, 0.05) is 18.5 Å². The third kappa shape index (κ3) is 4.42. The SMILES string of the molecule is CNCc1sc(COc2ccc(OC)cc2)nc1COC. The monoisotopic (exact) mass is 308 g/mol. The normalized spacial score (nSPS) is 10.6. The first kappa shape index (κ1) is 15.8. The third-order valence-electron chi connectivity index (χ3n) is 2.86. The average Bonchev–Trinajstić information content (AvgIpc) is 2.89. The molecule has 1 aromatic heterocycles. The summed E-state index contributed by atoms with van der Waals surface area (Å²) < 4.78 is 16.0. The number of ether oxygens (including phenoxy) is 3. The molecule has 0 aliphatic heterocycles. The maximum Gasteiger partial charge on any atom is 0.140 e. The van der Waals surface area contributed by atoms with E-state index in [2.05, 4.69) is 10.3 Å². The van der Waals surface area contributed by atoms with Crippen molar-refractivity contribution in [3.8, 4) is 11.5 Å². The lowest BCUT2D eigenvalue weighted by molar-refractivity contribution is 0.180. The Hall–Kier alpha value is -1.63. The largest absolute Gasteiger partial charge is 0.497 e. The van der Waals surface area contributed by atoms with Gasteiger partial charge in [0.1, 0.15) is 23.1 Å². The maximum absolute atomic E-state index is 5.75. The van der Waals surface area contributed by atoms with E-state index in [1.165, 1.54) is 4.88 Å². The molecule has 1 N–H and O–H groups in total. The highest BCUT2D eigenvalue weighted by atomic mass is 32.1. The molecular weight excluding hydrogens is 288 g/mol. The van der Waals surface area contributed by atoms with Crippen molar-refractivity contribution >= 4 is 11.3 Å². The van der Waals surface area contributed by atoms with Crippen LogP contribution in [-0.2, 0) is 24.5 Å². The standard InChI is InChI=1S/C15H20N2O3S/c1-16-8-14-13(9-18-2)17-15(21-14)10-20-12-6-4-11(19-3)5-7-12/h4-7,16H,8-10H2,1-3H3. The van der Waals surface area contributed by atoms with Crippen LogP contribution < -0.4 is 14.8 Å². The molecule has 0 radical (unpaired) electrons. The van der Waals surface area contributed by atoms with Gasteiger partial charge in [-0.3, -0.25) is 0 Å². The summed E-state index contributed by atoms with van der Waals surface area (Å²) in [5.74, 6) is 1.62. The predicted molar refractivity (Wildman–Crippen MR) is 82.9 cm³/mol. The summed E-state index contributed by atoms with van der Waals surface area (Å²) in [7, 11) is 5.24. The summed E-state index contributed by atoms with van der Waals surface area (Å²) in [5.41, 5.74) is 0.977. The van der Waals surface area contributed by atoms with Crippen molar-refractivity contribution < 1.29 is 14.2 Å². The number of hydrogen-bond donors (Lipinski definition) is 1. The van der Waals surface area contributed by atoms with Gasteiger partial charge in [-0.2, -0.15) is 0 Å². The average molecular weight is 308 g/mol. The van der Waals surface area contributed by atoms with Crippen molar-refractivity contribution in [2.24, 2.45) is 0 Å². The molecule has 0 atom stereocenters. The molecule has 0 bridgehead atoms. The lowest BCUT2D eigenvalue weighted by atomic mass is 10.3. The zero-order chi connectivity index (χ0) is 15.1. The zero-order valence-corrected chi connectivity index (χ0v) is 13.3. The van der Waals surface area contributed by atoms with Crippen LogP contribution in [-0.4, -0.2) is 26.3 Å². The first-order valence-electron chi connectivity index (χ1n) is 6.64. The molecule has 2 aromatic rings. The van der Waals surface area contributed by atoms with E-state index in [-0.39, 0.29) is 0 Å². The molecule has 0 saturated heterocycles. The van der Waals surface area contributed by atoms with Gasteiger partial charge >= 0.3 is 0 Å². The summed E-state index contributed by atoms with van der Waals surface area (Å²) in [6.45, 7) is 1.77. The lowest BCUT2D eigenvalue weighted by Crippen LogP contribution is -2.06. The van der Waals surface area contributed by atoms with Gasteiger partial charge in [-0.15, -0.1) is 11.3 Å². The molecule has 21 heavy (non-hydrogen) atoms. The Kier molecular flexibility index (Phi) is 5.98. The number of thiazole rings is 1. The molecular formula is C15H20N2O3S. The maximum atomic E-state index is 5.75. The van der Waals surface area contributed by atoms with E-state index in [4.69, 9.17) is 14.2 Å². The highest BCUT2D eigenvalue weighted by Crippen LogP contribution is 2.22. The van der Waals surface area contributed by atoms with Gasteiger partial charge in [-0.1, -0.05) is 0 Å². The van der Waals surface area contributed by atoms with Crippen molar-refractivity contribution in [2.45, 2.75) is 19.8 Å². The van der Waals surface area contributed by atoms with Crippen LogP contribution in [0.1, 0.15) is 15.6 Å². The van der Waals surface area contributed by atoms with E-state index < -0.39 is 0 Å². The van der Waals surface area contributed by atoms with Gasteiger partial charge in [-0.05, 0) is 31.3 Å². The molecule has 0 aliphatic carbocycles. The molecule has 0 fully saturated rings. The second-order valence-electron chi connectivity index (χ2n) is 4.41. The van der Waals surface area contributed by atoms with Crippen LogP contribution in [0.5, 0.6) is 11.5 Å². The molecule has 5 nitrogen and oxygen atoms in total. The number of methoxy groups -OCH3 is 2. The Balaban J connectivity index is 1.99. The summed E-state index contributed by atoms with van der Waals surface area (Å²) in [6, 6.07) is 7.52. The minimum Gasteiger partial charge on any atom is -0.497 e. The molecule has 0 saturated carbocycles. The first-order valence-corrected chi connectivity index (χ1v) is 7.46. The topological polar surface area (TPSA) is 52.6 Å². The number of hydrogen-bond acceptors (Lipinski definition) is 6. The molecule has 2 rings (SSSR count). The quantitative estimate of drug-likeness (QED) is 0.812. The van der Waals surface area contributed by atoms with Crippen molar-refractivity contribution in [1.29, 1.82) is 0 Å². The van der Waals surface area contributed by atoms with Crippen LogP contribution in [0.25, 0.3) is 0 Å². The molecule has 0 aliphatic rings. The van der Waals surface area contributed by atoms with Crippen LogP contribution >= 0.6 is 11.3 Å². The Labute approximate surface area is 128 Å². The lowest BCUT2D eigenvalue weighted by Gasteiger charge is -2.05. The zero-order valence-electron chi connectivity index (χ0n) is 12.5. The second-order valence-corrected chi connectivity index (χ2v) is 5.57. The number of benzene rings is 1. The Bertz CT molecular complexity index is 531. The minimum absolute atomic E-state index is 0.456. The number of rotatable bonds is 8. The van der Waals surface area contributed by atoms with Crippen LogP contribution in [0.3, 0.4) is 0 Å². The van der Waals surface area contributed by atoms with Crippen molar-refractivity contribution in [3.63, 3.8) is 0 Å². The first-order chi connectivity index (χ1) is 10.3. The van der Waals surface area contributed by atoms with E-state index >= 15 is 0 Å². The highest BCUT2D eigenvalue weighted by Gasteiger charge is 2.11. The van der Waals surface area contributed by atoms with E-state index in [0.717, 1.165) is 28.7 Å². The molecule has 0 spiro atoms. The Morgan fingerprint density at radius 1 is 1.10 bits per heavy atom. The molecule has 114 valence electrons. The van der Waals surface area contributed by atoms with Crippen LogP contribution in [0.4, 0.5) is 0 Å². The van der Waals surface area contributed by atoms with E-state index in [9.17, 15) is 0 Å². The number of nitrogens with one attached hydrogen (secondary N) is 1. The van der Waals surface area contributed by atoms with Gasteiger partial charge in [0.05, 0.1) is 19.4 Å². The summed E-state index contributed by atoms with van der Waals surface area (Å²) in [5, 5.41) is 4.09. The minimum atomic E-state index is 0.456. The molecule has 1 aromatic carbocycles. The van der Waals surface area contributed by atoms with Gasteiger partial charge in [0.15, 0.2) is 0 Å². The summed E-state index contributed by atoms with van der Waals surface area (Å²) in [6.07, 6.45) is 0. The fourth-order valence-corrected chi connectivity index (χ4v) is 2.86. The van der Waals surface area contributed by atoms with Gasteiger partial charge in [-0.25, -0.2) is 4.98 Å². The molecule has 0 amide bonds. The van der Waals surface area contributed by atoms with Crippen LogP contribution in [0, 0.1) is 0 Å². The van der Waals surface area contributed by atoms with Crippen LogP contribution in [0.2, 0.25) is 0 Å². The van der Waals surface area contributed by atoms with Gasteiger partial charge in [0.25, 0.3) is 0 Å². The second kappa shape index (κ2) is 7.97. The van der Waals surface area contributed by atoms with E-state index in [1.54, 1.807) is 25.6 Å². The Morgan fingerprint density at radius 2 is 1.81 bits per heavy atom. The molecule has 0 unspecified atom stereocenters. The van der Waals surface area contributed by atoms with Gasteiger partial charge in [0.2, 0.25) is 0 Å². The fraction of sp³-hybridized carbons (Fsp3) is 0.400. The van der Waals surface area contributed by atoms with Crippen LogP contribution in [0.15, 0.2) is 24.3 Å². The van der Waals surface area contributed by atoms with Crippen molar-refractivity contribution in [1.82, 2.24) is 10.3 Å². The van der Waals surface area contributed by atoms with Gasteiger partial charge < -0.3 is 19.5 Å². The predicted octanol–water partition coefficient (Wildman–Crippen LogP) is 2.60. The fourth-order valence-electron chi connectivity index (χ4n) is 1.86. The molecule has 6 heteroatoms. The van der Waals surface area contributed by atoms with E-state index in [1.807, 2.05) is 31.3 Å². The third-order valence-corrected chi connectivity index (χ3v) is 3.93. The highest BCUT2D eigenvalue weighted by molar-refractivity contribution is 7.11. The Morgan fingerprint density at radius 3 is 2.43 bits per heavy atom. The number of nitrogens with zero attached hydrogens (tertiary/aromatic N) is 1. The van der Waals surface area contributed by atoms with Crippen molar-refractivity contribution in [3.05, 3.63) is 39.8 Å². The molecule has 1 heterocycles. The number of aromatic nitrogens is 1. The van der Waals surface area contributed by atoms with Crippen molar-refractivity contribution in [2.75, 3.05) is 21.3 Å².